The summed E-state index contributed by atoms with van der Waals surface area (Å²) in [6, 6.07) is 5.71. The van der Waals surface area contributed by atoms with Crippen LogP contribution in [0.4, 0.5) is 0 Å². The molecule has 0 radical (unpaired) electrons. The van der Waals surface area contributed by atoms with Crippen LogP contribution >= 0.6 is 0 Å². The normalized spacial score (nSPS) is 19.7. The van der Waals surface area contributed by atoms with Gasteiger partial charge >= 0.3 is 5.97 Å². The van der Waals surface area contributed by atoms with Crippen LogP contribution in [0.3, 0.4) is 0 Å². The number of nitrogens with zero attached hydrogens (tertiary/aromatic N) is 1. The van der Waals surface area contributed by atoms with Crippen molar-refractivity contribution in [2.45, 2.75) is 59.0 Å². The Morgan fingerprint density at radius 3 is 2.78 bits per heavy atom. The molecule has 0 saturated heterocycles. The van der Waals surface area contributed by atoms with Crippen LogP contribution in [0.1, 0.15) is 60.1 Å². The van der Waals surface area contributed by atoms with Crippen LogP contribution in [0.2, 0.25) is 0 Å². The lowest BCUT2D eigenvalue weighted by Gasteiger charge is -2.29. The van der Waals surface area contributed by atoms with Gasteiger partial charge < -0.3 is 19.0 Å². The zero-order chi connectivity index (χ0) is 19.4. The number of ether oxygens (including phenoxy) is 1. The third kappa shape index (κ3) is 4.62. The smallest absolute Gasteiger partial charge is 0.340 e. The van der Waals surface area contributed by atoms with Gasteiger partial charge in [-0.1, -0.05) is 19.8 Å². The van der Waals surface area contributed by atoms with Gasteiger partial charge in [0.25, 0.3) is 5.91 Å². The van der Waals surface area contributed by atoms with E-state index in [1.54, 1.807) is 12.3 Å². The maximum atomic E-state index is 12.5. The Balaban J connectivity index is 1.57. The van der Waals surface area contributed by atoms with E-state index in [1.807, 2.05) is 30.5 Å². The molecule has 1 amide bonds. The molecule has 1 aliphatic rings. The maximum Gasteiger partial charge on any atom is 0.340 e. The molecule has 2 heterocycles. The van der Waals surface area contributed by atoms with Crippen LogP contribution in [0.15, 0.2) is 28.9 Å². The maximum absolute atomic E-state index is 12.5. The van der Waals surface area contributed by atoms with E-state index in [0.717, 1.165) is 36.4 Å². The first kappa shape index (κ1) is 19.3. The monoisotopic (exact) mass is 372 g/mol. The number of carbonyl (C=O) groups is 2. The number of carbonyl (C=O) groups excluding carboxylic acids is 2. The molecule has 1 saturated carbocycles. The molecule has 2 aromatic rings. The lowest BCUT2D eigenvalue weighted by molar-refractivity contribution is -0.125. The molecule has 3 rings (SSSR count). The third-order valence-corrected chi connectivity index (χ3v) is 5.48. The Morgan fingerprint density at radius 1 is 1.30 bits per heavy atom. The van der Waals surface area contributed by atoms with Crippen molar-refractivity contribution in [1.29, 1.82) is 0 Å². The van der Waals surface area contributed by atoms with Gasteiger partial charge in [0.2, 0.25) is 0 Å². The first-order valence-corrected chi connectivity index (χ1v) is 9.61. The topological polar surface area (TPSA) is 73.5 Å². The molecule has 27 heavy (non-hydrogen) atoms. The SMILES string of the molecule is Cc1cc(C(=O)OCC(=O)N[C@@H]2CCCC[C@H]2C)c(C)n1Cc1ccco1. The Kier molecular flexibility index (Phi) is 6.04. The number of amides is 1. The van der Waals surface area contributed by atoms with Gasteiger partial charge in [-0.2, -0.15) is 0 Å². The number of nitrogens with one attached hydrogen (secondary N) is 1. The summed E-state index contributed by atoms with van der Waals surface area (Å²) in [5.74, 6) is 0.587. The molecule has 0 unspecified atom stereocenters. The molecule has 146 valence electrons. The molecule has 6 heteroatoms. The summed E-state index contributed by atoms with van der Waals surface area (Å²) in [5.41, 5.74) is 2.23. The highest BCUT2D eigenvalue weighted by Gasteiger charge is 2.24. The molecule has 0 spiro atoms. The minimum absolute atomic E-state index is 0.184. The van der Waals surface area contributed by atoms with E-state index in [9.17, 15) is 9.59 Å². The first-order chi connectivity index (χ1) is 13.0. The predicted molar refractivity (Wildman–Crippen MR) is 102 cm³/mol. The van der Waals surface area contributed by atoms with Crippen molar-refractivity contribution in [2.75, 3.05) is 6.61 Å². The van der Waals surface area contributed by atoms with Crippen molar-refractivity contribution in [3.63, 3.8) is 0 Å². The van der Waals surface area contributed by atoms with Gasteiger partial charge in [0.15, 0.2) is 6.61 Å². The van der Waals surface area contributed by atoms with Crippen LogP contribution in [0.25, 0.3) is 0 Å². The highest BCUT2D eigenvalue weighted by atomic mass is 16.5. The zero-order valence-electron chi connectivity index (χ0n) is 16.3. The number of aromatic nitrogens is 1. The van der Waals surface area contributed by atoms with Gasteiger partial charge in [0, 0.05) is 17.4 Å². The molecule has 0 bridgehead atoms. The summed E-state index contributed by atoms with van der Waals surface area (Å²) in [4.78, 5) is 24.6. The van der Waals surface area contributed by atoms with E-state index in [2.05, 4.69) is 12.2 Å². The highest BCUT2D eigenvalue weighted by Crippen LogP contribution is 2.23. The van der Waals surface area contributed by atoms with Crippen LogP contribution < -0.4 is 5.32 Å². The first-order valence-electron chi connectivity index (χ1n) is 9.61. The van der Waals surface area contributed by atoms with Crippen molar-refractivity contribution in [1.82, 2.24) is 9.88 Å². The second kappa shape index (κ2) is 8.46. The standard InChI is InChI=1S/C21H28N2O4/c1-14-7-4-5-9-19(14)22-20(24)13-27-21(25)18-11-15(2)23(16(18)3)12-17-8-6-10-26-17/h6,8,10-11,14,19H,4-5,7,9,12-13H2,1-3H3,(H,22,24)/t14-,19-/m1/s1. The van der Waals surface area contributed by atoms with Gasteiger partial charge in [0.1, 0.15) is 5.76 Å². The number of hydrogen-bond acceptors (Lipinski definition) is 4. The summed E-state index contributed by atoms with van der Waals surface area (Å²) >= 11 is 0. The second-order valence-corrected chi connectivity index (χ2v) is 7.46. The second-order valence-electron chi connectivity index (χ2n) is 7.46. The minimum atomic E-state index is -0.472. The minimum Gasteiger partial charge on any atom is -0.467 e. The van der Waals surface area contributed by atoms with Crippen LogP contribution in [-0.4, -0.2) is 29.1 Å². The fraction of sp³-hybridized carbons (Fsp3) is 0.524. The van der Waals surface area contributed by atoms with E-state index in [0.29, 0.717) is 18.0 Å². The Hall–Kier alpha value is -2.50. The molecule has 2 atom stereocenters. The summed E-state index contributed by atoms with van der Waals surface area (Å²) in [5, 5.41) is 3.00. The van der Waals surface area contributed by atoms with Gasteiger partial charge in [-0.15, -0.1) is 0 Å². The van der Waals surface area contributed by atoms with E-state index < -0.39 is 5.97 Å². The molecule has 6 nitrogen and oxygen atoms in total. The average molecular weight is 372 g/mol. The summed E-state index contributed by atoms with van der Waals surface area (Å²) < 4.78 is 12.6. The number of hydrogen-bond donors (Lipinski definition) is 1. The highest BCUT2D eigenvalue weighted by molar-refractivity contribution is 5.92. The van der Waals surface area contributed by atoms with Crippen LogP contribution in [0.5, 0.6) is 0 Å². The molecule has 1 fully saturated rings. The number of aryl methyl sites for hydroxylation is 1. The molecular formula is C21H28N2O4. The molecule has 1 N–H and O–H groups in total. The number of furan rings is 1. The fourth-order valence-electron chi connectivity index (χ4n) is 3.80. The largest absolute Gasteiger partial charge is 0.467 e. The number of esters is 1. The summed E-state index contributed by atoms with van der Waals surface area (Å²) in [6.07, 6.45) is 6.11. The van der Waals surface area contributed by atoms with E-state index >= 15 is 0 Å². The molecule has 0 aliphatic heterocycles. The Labute approximate surface area is 159 Å². The Morgan fingerprint density at radius 2 is 2.07 bits per heavy atom. The van der Waals surface area contributed by atoms with Gasteiger partial charge in [0.05, 0.1) is 18.4 Å². The van der Waals surface area contributed by atoms with Crippen molar-refractivity contribution in [3.05, 3.63) is 47.2 Å². The van der Waals surface area contributed by atoms with Crippen molar-refractivity contribution < 1.29 is 18.7 Å². The van der Waals surface area contributed by atoms with Crippen molar-refractivity contribution in [2.24, 2.45) is 5.92 Å². The third-order valence-electron chi connectivity index (χ3n) is 5.48. The number of rotatable bonds is 6. The lowest BCUT2D eigenvalue weighted by atomic mass is 9.86. The zero-order valence-corrected chi connectivity index (χ0v) is 16.3. The van der Waals surface area contributed by atoms with Crippen molar-refractivity contribution in [3.8, 4) is 0 Å². The molecule has 0 aromatic carbocycles. The van der Waals surface area contributed by atoms with Gasteiger partial charge in [-0.05, 0) is 50.8 Å². The fourth-order valence-corrected chi connectivity index (χ4v) is 3.80. The quantitative estimate of drug-likeness (QED) is 0.787. The lowest BCUT2D eigenvalue weighted by Crippen LogP contribution is -2.42. The molecule has 2 aromatic heterocycles. The van der Waals surface area contributed by atoms with Crippen molar-refractivity contribution >= 4 is 11.9 Å². The predicted octanol–water partition coefficient (Wildman–Crippen LogP) is 3.60. The van der Waals surface area contributed by atoms with Crippen LogP contribution in [-0.2, 0) is 16.1 Å². The van der Waals surface area contributed by atoms with E-state index in [-0.39, 0.29) is 18.6 Å². The molecular weight excluding hydrogens is 344 g/mol. The van der Waals surface area contributed by atoms with E-state index in [4.69, 9.17) is 9.15 Å². The van der Waals surface area contributed by atoms with E-state index in [1.165, 1.54) is 6.42 Å². The van der Waals surface area contributed by atoms with Gasteiger partial charge in [-0.3, -0.25) is 4.79 Å². The average Bonchev–Trinajstić information content (AvgIpc) is 3.25. The Bertz CT molecular complexity index is 791. The van der Waals surface area contributed by atoms with Crippen LogP contribution in [0, 0.1) is 19.8 Å². The summed E-state index contributed by atoms with van der Waals surface area (Å²) in [6.45, 7) is 6.27. The van der Waals surface area contributed by atoms with Gasteiger partial charge in [-0.25, -0.2) is 4.79 Å². The summed E-state index contributed by atoms with van der Waals surface area (Å²) in [7, 11) is 0. The molecule has 1 aliphatic carbocycles.